The Hall–Kier alpha value is -3.26. The number of ether oxygens (including phenoxy) is 2. The Kier molecular flexibility index (Phi) is 5.93. The molecule has 154 valence electrons. The number of aliphatic hydroxyl groups is 1. The Labute approximate surface area is 168 Å². The maximum absolute atomic E-state index is 13.1. The first-order chi connectivity index (χ1) is 13.9. The highest BCUT2D eigenvalue weighted by Crippen LogP contribution is 2.43. The molecule has 0 bridgehead atoms. The molecule has 0 saturated carbocycles. The highest BCUT2D eigenvalue weighted by molar-refractivity contribution is 6.15. The summed E-state index contributed by atoms with van der Waals surface area (Å²) >= 11 is 0. The second-order valence-electron chi connectivity index (χ2n) is 7.03. The zero-order valence-corrected chi connectivity index (χ0v) is 16.9. The second kappa shape index (κ2) is 8.40. The molecule has 0 aliphatic carbocycles. The van der Waals surface area contributed by atoms with Crippen molar-refractivity contribution >= 4 is 11.7 Å². The van der Waals surface area contributed by atoms with Crippen LogP contribution in [0.1, 0.15) is 22.2 Å². The van der Waals surface area contributed by atoms with Gasteiger partial charge in [0.1, 0.15) is 11.5 Å². The van der Waals surface area contributed by atoms with Crippen LogP contribution in [0.4, 0.5) is 0 Å². The minimum absolute atomic E-state index is 0.0368. The van der Waals surface area contributed by atoms with Crippen molar-refractivity contribution in [3.63, 3.8) is 0 Å². The van der Waals surface area contributed by atoms with Gasteiger partial charge in [-0.1, -0.05) is 0 Å². The normalized spacial score (nSPS) is 16.7. The largest absolute Gasteiger partial charge is 0.503 e. The van der Waals surface area contributed by atoms with E-state index < -0.39 is 23.5 Å². The third-order valence-electron chi connectivity index (χ3n) is 4.88. The van der Waals surface area contributed by atoms with E-state index in [1.807, 2.05) is 14.1 Å². The lowest BCUT2D eigenvalue weighted by molar-refractivity contribution is -0.857. The summed E-state index contributed by atoms with van der Waals surface area (Å²) in [6.45, 7) is 0.967. The number of nitrogens with zero attached hydrogens (tertiary/aromatic N) is 1. The molecule has 1 aliphatic heterocycles. The van der Waals surface area contributed by atoms with Gasteiger partial charge in [-0.3, -0.25) is 9.59 Å². The van der Waals surface area contributed by atoms with Crippen LogP contribution in [0, 0.1) is 0 Å². The summed E-state index contributed by atoms with van der Waals surface area (Å²) < 4.78 is 16.0. The van der Waals surface area contributed by atoms with Crippen molar-refractivity contribution in [2.75, 3.05) is 41.4 Å². The zero-order chi connectivity index (χ0) is 21.1. The van der Waals surface area contributed by atoms with Gasteiger partial charge < -0.3 is 28.8 Å². The lowest BCUT2D eigenvalue weighted by atomic mass is 9.94. The lowest BCUT2D eigenvalue weighted by Gasteiger charge is -2.28. The van der Waals surface area contributed by atoms with Gasteiger partial charge in [0, 0.05) is 5.56 Å². The van der Waals surface area contributed by atoms with Crippen LogP contribution in [0.15, 0.2) is 52.3 Å². The number of amides is 1. The van der Waals surface area contributed by atoms with Crippen LogP contribution in [-0.2, 0) is 4.79 Å². The molecule has 3 rings (SSSR count). The Morgan fingerprint density at radius 1 is 1.24 bits per heavy atom. The molecule has 29 heavy (non-hydrogen) atoms. The molecular weight excluding hydrogens is 376 g/mol. The number of rotatable bonds is 8. The second-order valence-corrected chi connectivity index (χ2v) is 7.03. The first kappa shape index (κ1) is 20.5. The van der Waals surface area contributed by atoms with Gasteiger partial charge in [0.25, 0.3) is 5.91 Å². The van der Waals surface area contributed by atoms with E-state index in [0.29, 0.717) is 30.2 Å². The number of nitrogens with one attached hydrogen (secondary N) is 1. The van der Waals surface area contributed by atoms with Crippen LogP contribution in [0.2, 0.25) is 0 Å². The van der Waals surface area contributed by atoms with Crippen molar-refractivity contribution < 1.29 is 33.5 Å². The number of carbonyl (C=O) groups is 2. The number of carbonyl (C=O) groups excluding carboxylic acids is 2. The highest BCUT2D eigenvalue weighted by Gasteiger charge is 2.45. The lowest BCUT2D eigenvalue weighted by Crippen LogP contribution is -3.06. The third kappa shape index (κ3) is 3.84. The quantitative estimate of drug-likeness (QED) is 0.642. The van der Waals surface area contributed by atoms with Crippen molar-refractivity contribution in [2.45, 2.75) is 6.04 Å². The van der Waals surface area contributed by atoms with E-state index in [-0.39, 0.29) is 11.3 Å². The number of aliphatic hydroxyl groups excluding tert-OH is 1. The van der Waals surface area contributed by atoms with E-state index in [1.165, 1.54) is 31.4 Å². The van der Waals surface area contributed by atoms with Crippen LogP contribution < -0.4 is 14.4 Å². The van der Waals surface area contributed by atoms with Gasteiger partial charge in [0.15, 0.2) is 11.5 Å². The van der Waals surface area contributed by atoms with E-state index in [4.69, 9.17) is 13.9 Å². The summed E-state index contributed by atoms with van der Waals surface area (Å²) in [7, 11) is 6.96. The monoisotopic (exact) mass is 401 g/mol. The summed E-state index contributed by atoms with van der Waals surface area (Å²) in [5, 5.41) is 10.6. The molecular formula is C21H25N2O6+. The summed E-state index contributed by atoms with van der Waals surface area (Å²) in [6, 6.07) is 7.39. The van der Waals surface area contributed by atoms with Gasteiger partial charge in [-0.15, -0.1) is 0 Å². The molecule has 8 nitrogen and oxygen atoms in total. The molecule has 0 saturated heterocycles. The molecule has 2 N–H and O–H groups in total. The smallest absolute Gasteiger partial charge is 0.290 e. The van der Waals surface area contributed by atoms with Gasteiger partial charge >= 0.3 is 0 Å². The fourth-order valence-corrected chi connectivity index (χ4v) is 3.38. The van der Waals surface area contributed by atoms with Gasteiger partial charge in [0.05, 0.1) is 59.3 Å². The van der Waals surface area contributed by atoms with E-state index >= 15 is 0 Å². The SMILES string of the molecule is COc1ccc(OC)c([C@@H]2C(C(=O)c3ccco3)=C(O)C(=O)N2CC[NH+](C)C)c1. The molecule has 0 radical (unpaired) electrons. The number of methoxy groups -OCH3 is 2. The first-order valence-electron chi connectivity index (χ1n) is 9.22. The number of quaternary nitrogens is 1. The number of Topliss-reactive ketones (excluding diaryl/α,β-unsaturated/α-hetero) is 1. The highest BCUT2D eigenvalue weighted by atomic mass is 16.5. The maximum atomic E-state index is 13.1. The van der Waals surface area contributed by atoms with Crippen molar-refractivity contribution in [3.05, 3.63) is 59.3 Å². The fourth-order valence-electron chi connectivity index (χ4n) is 3.38. The molecule has 1 aromatic carbocycles. The first-order valence-corrected chi connectivity index (χ1v) is 9.22. The molecule has 1 amide bonds. The number of furan rings is 1. The molecule has 2 heterocycles. The fraction of sp³-hybridized carbons (Fsp3) is 0.333. The molecule has 1 atom stereocenters. The van der Waals surface area contributed by atoms with Crippen molar-refractivity contribution in [1.82, 2.24) is 4.90 Å². The van der Waals surface area contributed by atoms with Crippen LogP contribution in [0.3, 0.4) is 0 Å². The molecule has 2 aromatic rings. The predicted octanol–water partition coefficient (Wildman–Crippen LogP) is 1.02. The summed E-state index contributed by atoms with van der Waals surface area (Å²) in [4.78, 5) is 28.6. The maximum Gasteiger partial charge on any atom is 0.290 e. The van der Waals surface area contributed by atoms with E-state index in [9.17, 15) is 14.7 Å². The Bertz CT molecular complexity index is 933. The Balaban J connectivity index is 2.15. The summed E-state index contributed by atoms with van der Waals surface area (Å²) in [5.41, 5.74) is 0.512. The van der Waals surface area contributed by atoms with Gasteiger partial charge in [-0.05, 0) is 30.3 Å². The van der Waals surface area contributed by atoms with Crippen molar-refractivity contribution in [3.8, 4) is 11.5 Å². The van der Waals surface area contributed by atoms with Gasteiger partial charge in [0.2, 0.25) is 5.78 Å². The van der Waals surface area contributed by atoms with Crippen LogP contribution in [-0.4, -0.2) is 63.1 Å². The number of benzene rings is 1. The van der Waals surface area contributed by atoms with Crippen LogP contribution >= 0.6 is 0 Å². The molecule has 0 unspecified atom stereocenters. The van der Waals surface area contributed by atoms with Gasteiger partial charge in [-0.2, -0.15) is 0 Å². The predicted molar refractivity (Wildman–Crippen MR) is 104 cm³/mol. The molecule has 8 heteroatoms. The van der Waals surface area contributed by atoms with Gasteiger partial charge in [-0.25, -0.2) is 0 Å². The van der Waals surface area contributed by atoms with Crippen LogP contribution in [0.25, 0.3) is 0 Å². The Morgan fingerprint density at radius 2 is 2.00 bits per heavy atom. The molecule has 0 spiro atoms. The van der Waals surface area contributed by atoms with Crippen molar-refractivity contribution in [1.29, 1.82) is 0 Å². The van der Waals surface area contributed by atoms with Crippen molar-refractivity contribution in [2.24, 2.45) is 0 Å². The number of ketones is 1. The van der Waals surface area contributed by atoms with E-state index in [1.54, 1.807) is 24.3 Å². The van der Waals surface area contributed by atoms with Crippen LogP contribution in [0.5, 0.6) is 11.5 Å². The Morgan fingerprint density at radius 3 is 2.59 bits per heavy atom. The van der Waals surface area contributed by atoms with E-state index in [2.05, 4.69) is 0 Å². The summed E-state index contributed by atoms with van der Waals surface area (Å²) in [5.74, 6) is -0.652. The molecule has 0 fully saturated rings. The van der Waals surface area contributed by atoms with E-state index in [0.717, 1.165) is 4.90 Å². The third-order valence-corrected chi connectivity index (χ3v) is 4.88. The summed E-state index contributed by atoms with van der Waals surface area (Å²) in [6.07, 6.45) is 1.37. The molecule has 1 aliphatic rings. The minimum Gasteiger partial charge on any atom is -0.503 e. The average Bonchev–Trinajstić information content (AvgIpc) is 3.33. The zero-order valence-electron chi connectivity index (χ0n) is 16.9. The minimum atomic E-state index is -0.829. The number of hydrogen-bond donors (Lipinski definition) is 2. The molecule has 1 aromatic heterocycles. The topological polar surface area (TPSA) is 93.6 Å². The number of likely N-dealkylation sites (N-methyl/N-ethyl adjacent to an activating group) is 1. The average molecular weight is 401 g/mol. The number of hydrogen-bond acceptors (Lipinski definition) is 6. The standard InChI is InChI=1S/C21H24N2O6/c1-22(2)9-10-23-18(14-12-13(27-3)7-8-15(14)28-4)17(20(25)21(23)26)19(24)16-6-5-11-29-16/h5-8,11-12,18,25H,9-10H2,1-4H3/p+1/t18-/m1/s1.